The van der Waals surface area contributed by atoms with Gasteiger partial charge in [0.05, 0.1) is 16.1 Å². The Morgan fingerprint density at radius 3 is 2.02 bits per heavy atom. The fourth-order valence-electron chi connectivity index (χ4n) is 5.68. The standard InChI is InChI=1S/C27H26NSSi.C14H16NSi.Ir/c1-17(2)18-13-14-28-25(16-18)24-8-6-7-22-23-11-9-19-15-20(30(3,4)5)10-12-21(19)26(23)29-27(22)24;1-16(2,3)13-9-10-14(15-11-13)12-7-5-4-6-8-12;/h6-7,9-17H,1-5H3;4-7,9-11H,1-3H3;/q2*-1;. The molecule has 0 aliphatic rings. The molecule has 0 atom stereocenters. The number of benzene rings is 4. The molecule has 4 aromatic carbocycles. The molecular formula is C41H42IrN2SSi2-2. The molecule has 0 fully saturated rings. The van der Waals surface area contributed by atoms with Gasteiger partial charge in [0.2, 0.25) is 0 Å². The van der Waals surface area contributed by atoms with Crippen LogP contribution in [0.4, 0.5) is 0 Å². The van der Waals surface area contributed by atoms with Crippen LogP contribution >= 0.6 is 11.3 Å². The van der Waals surface area contributed by atoms with Gasteiger partial charge in [-0.15, -0.1) is 59.7 Å². The Hall–Kier alpha value is -3.26. The van der Waals surface area contributed by atoms with Crippen LogP contribution in [0, 0.1) is 12.1 Å². The monoisotopic (exact) mass is 843 g/mol. The molecule has 0 spiro atoms. The van der Waals surface area contributed by atoms with E-state index < -0.39 is 16.1 Å². The SMILES string of the molecule is CC(C)c1ccnc(-c2[c-]ccc3c2sc2c4ccc([Si](C)(C)C)cc4ccc32)c1.C[Si](C)(C)c1ccc(-c2[c-]cccc2)nc1.[Ir]. The van der Waals surface area contributed by atoms with Crippen molar-refractivity contribution in [2.75, 3.05) is 0 Å². The van der Waals surface area contributed by atoms with E-state index in [0.29, 0.717) is 5.92 Å². The zero-order chi connectivity index (χ0) is 32.6. The average Bonchev–Trinajstić information content (AvgIpc) is 3.44. The predicted octanol–water partition coefficient (Wildman–Crippen LogP) is 10.8. The van der Waals surface area contributed by atoms with Gasteiger partial charge in [-0.2, -0.15) is 11.3 Å². The zero-order valence-corrected chi connectivity index (χ0v) is 33.7. The molecule has 0 N–H and O–H groups in total. The molecule has 0 unspecified atom stereocenters. The van der Waals surface area contributed by atoms with Gasteiger partial charge >= 0.3 is 0 Å². The molecule has 2 nitrogen and oxygen atoms in total. The van der Waals surface area contributed by atoms with Gasteiger partial charge in [-0.1, -0.05) is 118 Å². The summed E-state index contributed by atoms with van der Waals surface area (Å²) in [7, 11) is -2.56. The van der Waals surface area contributed by atoms with Crippen molar-refractivity contribution in [2.45, 2.75) is 59.0 Å². The Morgan fingerprint density at radius 1 is 0.638 bits per heavy atom. The van der Waals surface area contributed by atoms with Crippen molar-refractivity contribution in [1.82, 2.24) is 9.97 Å². The van der Waals surface area contributed by atoms with Crippen LogP contribution in [-0.4, -0.2) is 26.1 Å². The Morgan fingerprint density at radius 2 is 1.36 bits per heavy atom. The van der Waals surface area contributed by atoms with Crippen LogP contribution in [0.3, 0.4) is 0 Å². The Balaban J connectivity index is 0.000000217. The van der Waals surface area contributed by atoms with E-state index in [-0.39, 0.29) is 20.1 Å². The van der Waals surface area contributed by atoms with E-state index >= 15 is 0 Å². The van der Waals surface area contributed by atoms with E-state index in [1.165, 1.54) is 46.9 Å². The van der Waals surface area contributed by atoms with Crippen LogP contribution in [0.5, 0.6) is 0 Å². The third-order valence-electron chi connectivity index (χ3n) is 8.60. The Bertz CT molecular complexity index is 2140. The third-order valence-corrected chi connectivity index (χ3v) is 13.9. The third kappa shape index (κ3) is 7.58. The van der Waals surface area contributed by atoms with Crippen LogP contribution in [0.25, 0.3) is 53.5 Å². The van der Waals surface area contributed by atoms with Crippen LogP contribution in [0.2, 0.25) is 39.3 Å². The number of rotatable bonds is 5. The fourth-order valence-corrected chi connectivity index (χ4v) is 9.23. The summed E-state index contributed by atoms with van der Waals surface area (Å²) < 4.78 is 2.65. The van der Waals surface area contributed by atoms with E-state index in [4.69, 9.17) is 4.98 Å². The Kier molecular flexibility index (Phi) is 10.5. The minimum atomic E-state index is -1.33. The maximum atomic E-state index is 4.69. The van der Waals surface area contributed by atoms with Gasteiger partial charge in [-0.3, -0.25) is 0 Å². The average molecular weight is 843 g/mol. The predicted molar refractivity (Wildman–Crippen MR) is 207 cm³/mol. The molecule has 0 saturated carbocycles. The smallest absolute Gasteiger partial charge is 0.0795 e. The molecule has 7 aromatic rings. The van der Waals surface area contributed by atoms with Crippen molar-refractivity contribution in [3.05, 3.63) is 121 Å². The van der Waals surface area contributed by atoms with Crippen molar-refractivity contribution < 1.29 is 20.1 Å². The van der Waals surface area contributed by atoms with Gasteiger partial charge in [-0.25, -0.2) is 0 Å². The summed E-state index contributed by atoms with van der Waals surface area (Å²) in [5, 5.41) is 8.24. The summed E-state index contributed by atoms with van der Waals surface area (Å²) in [6.45, 7) is 18.7. The van der Waals surface area contributed by atoms with E-state index in [9.17, 15) is 0 Å². The van der Waals surface area contributed by atoms with Crippen molar-refractivity contribution in [2.24, 2.45) is 0 Å². The first-order valence-corrected chi connectivity index (χ1v) is 23.9. The fraction of sp³-hybridized carbons (Fsp3) is 0.220. The van der Waals surface area contributed by atoms with Crippen molar-refractivity contribution >= 4 is 68.8 Å². The number of pyridine rings is 2. The molecule has 0 aliphatic carbocycles. The second kappa shape index (κ2) is 14.1. The number of nitrogens with zero attached hydrogens (tertiary/aromatic N) is 2. The van der Waals surface area contributed by atoms with Crippen LogP contribution in [-0.2, 0) is 20.1 Å². The first kappa shape index (κ1) is 35.1. The van der Waals surface area contributed by atoms with Gasteiger partial charge in [0.25, 0.3) is 0 Å². The van der Waals surface area contributed by atoms with Gasteiger partial charge in [0, 0.05) is 37.2 Å². The molecule has 0 aliphatic heterocycles. The van der Waals surface area contributed by atoms with Crippen LogP contribution in [0.15, 0.2) is 103 Å². The minimum absolute atomic E-state index is 0. The molecule has 241 valence electrons. The quantitative estimate of drug-likeness (QED) is 0.127. The van der Waals surface area contributed by atoms with Crippen LogP contribution < -0.4 is 10.4 Å². The van der Waals surface area contributed by atoms with Crippen molar-refractivity contribution in [3.8, 4) is 22.5 Å². The van der Waals surface area contributed by atoms with E-state index in [2.05, 4.69) is 131 Å². The number of hydrogen-bond donors (Lipinski definition) is 0. The summed E-state index contributed by atoms with van der Waals surface area (Å²) in [4.78, 5) is 9.21. The number of thiophene rings is 1. The first-order chi connectivity index (χ1) is 21.9. The van der Waals surface area contributed by atoms with E-state index in [1.54, 1.807) is 0 Å². The largest absolute Gasteiger partial charge is 0.305 e. The van der Waals surface area contributed by atoms with Crippen molar-refractivity contribution in [3.63, 3.8) is 0 Å². The molecule has 1 radical (unpaired) electrons. The molecule has 0 amide bonds. The zero-order valence-electron chi connectivity index (χ0n) is 28.5. The molecular weight excluding hydrogens is 801 g/mol. The maximum absolute atomic E-state index is 4.69. The molecule has 3 heterocycles. The van der Waals surface area contributed by atoms with Gasteiger partial charge in [-0.05, 0) is 49.4 Å². The number of fused-ring (bicyclic) bond motifs is 5. The van der Waals surface area contributed by atoms with Gasteiger partial charge in [0.1, 0.15) is 0 Å². The molecule has 0 saturated heterocycles. The normalized spacial score (nSPS) is 11.9. The second-order valence-electron chi connectivity index (χ2n) is 14.4. The van der Waals surface area contributed by atoms with Crippen LogP contribution in [0.1, 0.15) is 25.3 Å². The van der Waals surface area contributed by atoms with E-state index in [1.807, 2.05) is 54.1 Å². The molecule has 47 heavy (non-hydrogen) atoms. The minimum Gasteiger partial charge on any atom is -0.305 e. The van der Waals surface area contributed by atoms with Gasteiger partial charge < -0.3 is 9.97 Å². The number of aromatic nitrogens is 2. The van der Waals surface area contributed by atoms with Crippen molar-refractivity contribution in [1.29, 1.82) is 0 Å². The molecule has 3 aromatic heterocycles. The van der Waals surface area contributed by atoms with E-state index in [0.717, 1.165) is 22.5 Å². The number of hydrogen-bond acceptors (Lipinski definition) is 3. The summed E-state index contributed by atoms with van der Waals surface area (Å²) in [6.07, 6.45) is 3.94. The topological polar surface area (TPSA) is 25.8 Å². The summed E-state index contributed by atoms with van der Waals surface area (Å²) >= 11 is 1.88. The summed E-state index contributed by atoms with van der Waals surface area (Å²) in [5.74, 6) is 0.484. The molecule has 7 rings (SSSR count). The molecule has 0 bridgehead atoms. The maximum Gasteiger partial charge on any atom is 0.0795 e. The second-order valence-corrected chi connectivity index (χ2v) is 25.6. The summed E-state index contributed by atoms with van der Waals surface area (Å²) in [6, 6.07) is 39.2. The molecule has 6 heteroatoms. The summed E-state index contributed by atoms with van der Waals surface area (Å²) in [5.41, 5.74) is 5.51. The Labute approximate surface area is 299 Å². The first-order valence-electron chi connectivity index (χ1n) is 16.1. The van der Waals surface area contributed by atoms with Gasteiger partial charge in [0.15, 0.2) is 0 Å².